The minimum absolute atomic E-state index is 0.0537. The van der Waals surface area contributed by atoms with Gasteiger partial charge in [-0.2, -0.15) is 0 Å². The number of ketones is 1. The number of aliphatic hydroxyl groups excluding tert-OH is 2. The predicted molar refractivity (Wildman–Crippen MR) is 112 cm³/mol. The van der Waals surface area contributed by atoms with E-state index in [2.05, 4.69) is 23.5 Å². The molecule has 0 saturated heterocycles. The fraction of sp³-hybridized carbons (Fsp3) is 0.750. The molecular formula is C24H36O5. The van der Waals surface area contributed by atoms with Gasteiger partial charge in [-0.05, 0) is 37.5 Å². The van der Waals surface area contributed by atoms with E-state index in [1.54, 1.807) is 0 Å². The molecule has 5 heteroatoms. The van der Waals surface area contributed by atoms with Gasteiger partial charge in [0.2, 0.25) is 0 Å². The van der Waals surface area contributed by atoms with Crippen molar-refractivity contribution in [2.24, 2.45) is 17.3 Å². The van der Waals surface area contributed by atoms with Gasteiger partial charge in [0.05, 0.1) is 19.3 Å². The van der Waals surface area contributed by atoms with Gasteiger partial charge in [-0.15, -0.1) is 11.8 Å². The second kappa shape index (κ2) is 11.5. The van der Waals surface area contributed by atoms with Gasteiger partial charge in [-0.1, -0.05) is 31.9 Å². The van der Waals surface area contributed by atoms with Crippen molar-refractivity contribution < 1.29 is 24.5 Å². The number of carbonyl (C=O) groups is 2. The largest absolute Gasteiger partial charge is 0.469 e. The SMILES string of the molecule is CCCC1(C(O)C/C=C/[C@H]2[C@H](O)CC(=O)[C@@H]2CC#CCCCC(=O)OC)CCC1. The Labute approximate surface area is 174 Å². The molecule has 2 rings (SSSR count). The Morgan fingerprint density at radius 3 is 2.76 bits per heavy atom. The molecule has 2 fully saturated rings. The number of Topliss-reactive ketones (excluding diaryl/α,β-unsaturated/α-hetero) is 1. The van der Waals surface area contributed by atoms with Crippen LogP contribution < -0.4 is 0 Å². The van der Waals surface area contributed by atoms with Crippen molar-refractivity contribution in [1.82, 2.24) is 0 Å². The van der Waals surface area contributed by atoms with Crippen molar-refractivity contribution in [3.63, 3.8) is 0 Å². The number of carbonyl (C=O) groups excluding carboxylic acids is 2. The zero-order valence-corrected chi connectivity index (χ0v) is 17.9. The molecule has 0 aromatic carbocycles. The van der Waals surface area contributed by atoms with E-state index in [1.807, 2.05) is 12.2 Å². The first kappa shape index (κ1) is 23.6. The first-order valence-corrected chi connectivity index (χ1v) is 11.0. The van der Waals surface area contributed by atoms with E-state index in [0.29, 0.717) is 32.1 Å². The summed E-state index contributed by atoms with van der Waals surface area (Å²) in [6, 6.07) is 0. The molecule has 0 aromatic heterocycles. The van der Waals surface area contributed by atoms with Crippen LogP contribution in [-0.4, -0.2) is 41.3 Å². The molecule has 162 valence electrons. The third-order valence-corrected chi connectivity index (χ3v) is 6.61. The van der Waals surface area contributed by atoms with E-state index in [0.717, 1.165) is 25.7 Å². The van der Waals surface area contributed by atoms with Gasteiger partial charge >= 0.3 is 5.97 Å². The highest BCUT2D eigenvalue weighted by atomic mass is 16.5. The molecule has 0 bridgehead atoms. The molecule has 0 radical (unpaired) electrons. The van der Waals surface area contributed by atoms with Gasteiger partial charge in [0.15, 0.2) is 0 Å². The monoisotopic (exact) mass is 404 g/mol. The number of rotatable bonds is 10. The number of hydrogen-bond donors (Lipinski definition) is 2. The molecule has 2 aliphatic rings. The van der Waals surface area contributed by atoms with Gasteiger partial charge < -0.3 is 14.9 Å². The van der Waals surface area contributed by atoms with Crippen LogP contribution in [0.2, 0.25) is 0 Å². The highest BCUT2D eigenvalue weighted by Crippen LogP contribution is 2.48. The fourth-order valence-electron chi connectivity index (χ4n) is 4.68. The number of methoxy groups -OCH3 is 1. The summed E-state index contributed by atoms with van der Waals surface area (Å²) in [6.07, 6.45) is 11.1. The maximum atomic E-state index is 12.3. The minimum atomic E-state index is -0.671. The van der Waals surface area contributed by atoms with Crippen LogP contribution in [0.1, 0.15) is 77.6 Å². The summed E-state index contributed by atoms with van der Waals surface area (Å²) in [5.74, 6) is 5.34. The Morgan fingerprint density at radius 1 is 1.38 bits per heavy atom. The summed E-state index contributed by atoms with van der Waals surface area (Å²) in [6.45, 7) is 2.16. The van der Waals surface area contributed by atoms with E-state index in [4.69, 9.17) is 0 Å². The lowest BCUT2D eigenvalue weighted by Crippen LogP contribution is -2.41. The van der Waals surface area contributed by atoms with Crippen molar-refractivity contribution >= 4 is 11.8 Å². The zero-order chi connectivity index (χ0) is 21.3. The standard InChI is InChI=1S/C24H36O5/c1-3-14-24(15-9-16-24)22(27)12-8-11-19-18(20(25)17-21(19)26)10-6-4-5-7-13-23(28)29-2/h8,11,18-19,21-22,26-27H,3,5,7,9-10,12-17H2,1-2H3/b11-8+/t18-,19-,21-,22?/m1/s1. The molecule has 1 unspecified atom stereocenters. The first-order chi connectivity index (χ1) is 13.9. The molecule has 0 heterocycles. The Morgan fingerprint density at radius 2 is 2.14 bits per heavy atom. The smallest absolute Gasteiger partial charge is 0.305 e. The third-order valence-electron chi connectivity index (χ3n) is 6.61. The van der Waals surface area contributed by atoms with Gasteiger partial charge in [-0.3, -0.25) is 9.59 Å². The van der Waals surface area contributed by atoms with E-state index >= 15 is 0 Å². The molecule has 4 atom stereocenters. The van der Waals surface area contributed by atoms with Gasteiger partial charge in [-0.25, -0.2) is 0 Å². The number of aliphatic hydroxyl groups is 2. The molecular weight excluding hydrogens is 368 g/mol. The second-order valence-electron chi connectivity index (χ2n) is 8.55. The minimum Gasteiger partial charge on any atom is -0.469 e. The van der Waals surface area contributed by atoms with Gasteiger partial charge in [0, 0.05) is 37.5 Å². The topological polar surface area (TPSA) is 83.8 Å². The Kier molecular flexibility index (Phi) is 9.39. The molecule has 0 spiro atoms. The van der Waals surface area contributed by atoms with Crippen LogP contribution in [0.15, 0.2) is 12.2 Å². The number of ether oxygens (including phenoxy) is 1. The average molecular weight is 405 g/mol. The van der Waals surface area contributed by atoms with Crippen LogP contribution in [0, 0.1) is 29.1 Å². The average Bonchev–Trinajstić information content (AvgIpc) is 2.93. The number of unbranched alkanes of at least 4 members (excludes halogenated alkanes) is 1. The van der Waals surface area contributed by atoms with Crippen LogP contribution in [0.3, 0.4) is 0 Å². The second-order valence-corrected chi connectivity index (χ2v) is 8.55. The lowest BCUT2D eigenvalue weighted by atomic mass is 9.62. The summed E-state index contributed by atoms with van der Waals surface area (Å²) >= 11 is 0. The molecule has 2 saturated carbocycles. The Bertz CT molecular complexity index is 637. The number of hydrogen-bond acceptors (Lipinski definition) is 5. The number of esters is 1. The molecule has 0 amide bonds. The van der Waals surface area contributed by atoms with Crippen molar-refractivity contribution in [1.29, 1.82) is 0 Å². The van der Waals surface area contributed by atoms with E-state index in [-0.39, 0.29) is 41.5 Å². The molecule has 29 heavy (non-hydrogen) atoms. The lowest BCUT2D eigenvalue weighted by molar-refractivity contribution is -0.140. The van der Waals surface area contributed by atoms with Crippen molar-refractivity contribution in [2.75, 3.05) is 7.11 Å². The summed E-state index contributed by atoms with van der Waals surface area (Å²) in [5.41, 5.74) is 0.0677. The Balaban J connectivity index is 1.85. The van der Waals surface area contributed by atoms with Crippen LogP contribution in [0.4, 0.5) is 0 Å². The predicted octanol–water partition coefficient (Wildman–Crippen LogP) is 3.57. The van der Waals surface area contributed by atoms with Crippen molar-refractivity contribution in [2.45, 2.75) is 89.8 Å². The van der Waals surface area contributed by atoms with E-state index in [9.17, 15) is 19.8 Å². The zero-order valence-electron chi connectivity index (χ0n) is 17.9. The van der Waals surface area contributed by atoms with Crippen LogP contribution in [-0.2, 0) is 14.3 Å². The maximum Gasteiger partial charge on any atom is 0.305 e. The van der Waals surface area contributed by atoms with Crippen LogP contribution in [0.5, 0.6) is 0 Å². The summed E-state index contributed by atoms with van der Waals surface area (Å²) in [5, 5.41) is 20.9. The van der Waals surface area contributed by atoms with Crippen molar-refractivity contribution in [3.8, 4) is 11.8 Å². The third kappa shape index (κ3) is 6.42. The maximum absolute atomic E-state index is 12.3. The molecule has 0 aromatic rings. The first-order valence-electron chi connectivity index (χ1n) is 11.0. The molecule has 2 N–H and O–H groups in total. The summed E-state index contributed by atoms with van der Waals surface area (Å²) in [7, 11) is 1.37. The lowest BCUT2D eigenvalue weighted by Gasteiger charge is -2.45. The van der Waals surface area contributed by atoms with Crippen LogP contribution >= 0.6 is 0 Å². The molecule has 0 aliphatic heterocycles. The molecule has 2 aliphatic carbocycles. The quantitative estimate of drug-likeness (QED) is 0.252. The van der Waals surface area contributed by atoms with E-state index < -0.39 is 6.10 Å². The summed E-state index contributed by atoms with van der Waals surface area (Å²) < 4.78 is 4.59. The van der Waals surface area contributed by atoms with Gasteiger partial charge in [0.1, 0.15) is 5.78 Å². The van der Waals surface area contributed by atoms with Crippen LogP contribution in [0.25, 0.3) is 0 Å². The van der Waals surface area contributed by atoms with Gasteiger partial charge in [0.25, 0.3) is 0 Å². The van der Waals surface area contributed by atoms with E-state index in [1.165, 1.54) is 13.5 Å². The van der Waals surface area contributed by atoms with Crippen molar-refractivity contribution in [3.05, 3.63) is 12.2 Å². The Hall–Kier alpha value is -1.64. The fourth-order valence-corrected chi connectivity index (χ4v) is 4.68. The highest BCUT2D eigenvalue weighted by Gasteiger charge is 2.42. The normalized spacial score (nSPS) is 26.6. The molecule has 5 nitrogen and oxygen atoms in total. The summed E-state index contributed by atoms with van der Waals surface area (Å²) in [4.78, 5) is 23.3. The highest BCUT2D eigenvalue weighted by molar-refractivity contribution is 5.85.